The number of hydrogen-bond acceptors (Lipinski definition) is 3. The minimum atomic E-state index is -0.389. The number of rotatable bonds is 3. The number of aliphatic hydroxyl groups excluding tert-OH is 1. The Hall–Kier alpha value is -1.06. The predicted molar refractivity (Wildman–Crippen MR) is 64.7 cm³/mol. The van der Waals surface area contributed by atoms with E-state index < -0.39 is 0 Å². The zero-order valence-corrected chi connectivity index (χ0v) is 9.89. The van der Waals surface area contributed by atoms with Gasteiger partial charge in [-0.3, -0.25) is 0 Å². The Morgan fingerprint density at radius 1 is 1.38 bits per heavy atom. The predicted octanol–water partition coefficient (Wildman–Crippen LogP) is 1.96. The lowest BCUT2D eigenvalue weighted by atomic mass is 10.1. The summed E-state index contributed by atoms with van der Waals surface area (Å²) in [6.45, 7) is 3.79. The Morgan fingerprint density at radius 3 is 2.56 bits per heavy atom. The Bertz CT molecular complexity index is 334. The highest BCUT2D eigenvalue weighted by atomic mass is 16.5. The molecule has 1 heterocycles. The highest BCUT2D eigenvalue weighted by molar-refractivity contribution is 5.48. The molecule has 3 heteroatoms. The Morgan fingerprint density at radius 2 is 2.06 bits per heavy atom. The molecule has 1 aromatic carbocycles. The second-order valence-corrected chi connectivity index (χ2v) is 4.36. The molecule has 0 bridgehead atoms. The van der Waals surface area contributed by atoms with Crippen LogP contribution in [0, 0.1) is 0 Å². The molecule has 1 aromatic rings. The number of methoxy groups -OCH3 is 1. The van der Waals surface area contributed by atoms with Gasteiger partial charge in [-0.25, -0.2) is 0 Å². The first-order chi connectivity index (χ1) is 7.70. The van der Waals surface area contributed by atoms with E-state index in [4.69, 9.17) is 4.74 Å². The second kappa shape index (κ2) is 4.85. The van der Waals surface area contributed by atoms with E-state index in [2.05, 4.69) is 17.0 Å². The van der Waals surface area contributed by atoms with Gasteiger partial charge in [-0.15, -0.1) is 0 Å². The Balaban J connectivity index is 2.05. The van der Waals surface area contributed by atoms with Gasteiger partial charge in [0.1, 0.15) is 0 Å². The fourth-order valence-electron chi connectivity index (χ4n) is 2.12. The molecule has 0 aromatic heterocycles. The van der Waals surface area contributed by atoms with E-state index in [9.17, 15) is 5.11 Å². The molecule has 0 aliphatic carbocycles. The lowest BCUT2D eigenvalue weighted by Gasteiger charge is -2.19. The van der Waals surface area contributed by atoms with Gasteiger partial charge in [0.15, 0.2) is 0 Å². The summed E-state index contributed by atoms with van der Waals surface area (Å²) in [5.41, 5.74) is 2.18. The van der Waals surface area contributed by atoms with E-state index in [0.717, 1.165) is 25.1 Å². The molecule has 3 nitrogen and oxygen atoms in total. The number of ether oxygens (including phenoxy) is 1. The number of nitrogens with zero attached hydrogens (tertiary/aromatic N) is 1. The lowest BCUT2D eigenvalue weighted by molar-refractivity contribution is 0.121. The van der Waals surface area contributed by atoms with Crippen LogP contribution in [0.25, 0.3) is 0 Å². The van der Waals surface area contributed by atoms with Crippen molar-refractivity contribution in [1.29, 1.82) is 0 Å². The van der Waals surface area contributed by atoms with Crippen molar-refractivity contribution in [3.8, 4) is 0 Å². The second-order valence-electron chi connectivity index (χ2n) is 4.36. The van der Waals surface area contributed by atoms with Crippen molar-refractivity contribution in [2.75, 3.05) is 25.1 Å². The van der Waals surface area contributed by atoms with E-state index in [0.29, 0.717) is 6.10 Å². The van der Waals surface area contributed by atoms with E-state index in [-0.39, 0.29) is 6.10 Å². The first kappa shape index (κ1) is 11.4. The molecular weight excluding hydrogens is 202 g/mol. The third-order valence-electron chi connectivity index (χ3n) is 3.22. The van der Waals surface area contributed by atoms with Gasteiger partial charge in [0.2, 0.25) is 0 Å². The van der Waals surface area contributed by atoms with E-state index in [1.54, 1.807) is 14.0 Å². The molecular formula is C13H19NO2. The first-order valence-corrected chi connectivity index (χ1v) is 5.76. The maximum Gasteiger partial charge on any atom is 0.0762 e. The maximum atomic E-state index is 9.43. The summed E-state index contributed by atoms with van der Waals surface area (Å²) in [5, 5.41) is 9.43. The van der Waals surface area contributed by atoms with Gasteiger partial charge in [-0.2, -0.15) is 0 Å². The van der Waals surface area contributed by atoms with Crippen LogP contribution < -0.4 is 4.90 Å². The van der Waals surface area contributed by atoms with Gasteiger partial charge < -0.3 is 14.7 Å². The lowest BCUT2D eigenvalue weighted by Crippen LogP contribution is -2.22. The first-order valence-electron chi connectivity index (χ1n) is 5.76. The van der Waals surface area contributed by atoms with Crippen molar-refractivity contribution >= 4 is 5.69 Å². The molecule has 1 aliphatic rings. The monoisotopic (exact) mass is 221 g/mol. The summed E-state index contributed by atoms with van der Waals surface area (Å²) >= 11 is 0. The molecule has 1 fully saturated rings. The number of anilines is 1. The molecule has 2 rings (SSSR count). The number of aliphatic hydroxyl groups is 1. The minimum Gasteiger partial charge on any atom is -0.389 e. The zero-order chi connectivity index (χ0) is 11.5. The van der Waals surface area contributed by atoms with Crippen LogP contribution in [0.2, 0.25) is 0 Å². The van der Waals surface area contributed by atoms with Crippen LogP contribution in [0.5, 0.6) is 0 Å². The summed E-state index contributed by atoms with van der Waals surface area (Å²) in [5.74, 6) is 0. The molecule has 1 saturated heterocycles. The molecule has 0 spiro atoms. The average Bonchev–Trinajstić information content (AvgIpc) is 2.77. The molecule has 88 valence electrons. The molecule has 1 aliphatic heterocycles. The van der Waals surface area contributed by atoms with Crippen LogP contribution in [0.15, 0.2) is 24.3 Å². The van der Waals surface area contributed by atoms with Gasteiger partial charge in [-0.05, 0) is 31.0 Å². The fourth-order valence-corrected chi connectivity index (χ4v) is 2.12. The largest absolute Gasteiger partial charge is 0.389 e. The molecule has 2 atom stereocenters. The quantitative estimate of drug-likeness (QED) is 0.847. The van der Waals surface area contributed by atoms with Crippen LogP contribution in [0.4, 0.5) is 5.69 Å². The minimum absolute atomic E-state index is 0.358. The summed E-state index contributed by atoms with van der Waals surface area (Å²) in [6, 6.07) is 8.11. The normalized spacial score (nSPS) is 22.4. The average molecular weight is 221 g/mol. The van der Waals surface area contributed by atoms with Crippen LogP contribution in [-0.2, 0) is 4.74 Å². The third kappa shape index (κ3) is 2.36. The summed E-state index contributed by atoms with van der Waals surface area (Å²) in [4.78, 5) is 2.32. The van der Waals surface area contributed by atoms with Crippen LogP contribution >= 0.6 is 0 Å². The Labute approximate surface area is 96.6 Å². The fraction of sp³-hybridized carbons (Fsp3) is 0.538. The molecule has 0 saturated carbocycles. The van der Waals surface area contributed by atoms with Crippen molar-refractivity contribution < 1.29 is 9.84 Å². The third-order valence-corrected chi connectivity index (χ3v) is 3.22. The molecule has 2 unspecified atom stereocenters. The SMILES string of the molecule is COC1CCN(c2ccc(C(C)O)cc2)C1. The van der Waals surface area contributed by atoms with E-state index >= 15 is 0 Å². The van der Waals surface area contributed by atoms with Crippen molar-refractivity contribution in [3.63, 3.8) is 0 Å². The summed E-state index contributed by atoms with van der Waals surface area (Å²) < 4.78 is 5.34. The standard InChI is InChI=1S/C13H19NO2/c1-10(15)11-3-5-12(6-4-11)14-8-7-13(9-14)16-2/h3-6,10,13,15H,7-9H2,1-2H3. The zero-order valence-electron chi connectivity index (χ0n) is 9.89. The molecule has 0 radical (unpaired) electrons. The smallest absolute Gasteiger partial charge is 0.0762 e. The van der Waals surface area contributed by atoms with Crippen molar-refractivity contribution in [2.24, 2.45) is 0 Å². The highest BCUT2D eigenvalue weighted by Gasteiger charge is 2.21. The van der Waals surface area contributed by atoms with Crippen molar-refractivity contribution in [1.82, 2.24) is 0 Å². The summed E-state index contributed by atoms with van der Waals surface area (Å²) in [6.07, 6.45) is 1.06. The van der Waals surface area contributed by atoms with Crippen LogP contribution in [-0.4, -0.2) is 31.4 Å². The van der Waals surface area contributed by atoms with E-state index in [1.807, 2.05) is 12.1 Å². The number of hydrogen-bond donors (Lipinski definition) is 1. The van der Waals surface area contributed by atoms with Crippen LogP contribution in [0.3, 0.4) is 0 Å². The topological polar surface area (TPSA) is 32.7 Å². The van der Waals surface area contributed by atoms with Crippen LogP contribution in [0.1, 0.15) is 25.0 Å². The molecule has 0 amide bonds. The molecule has 16 heavy (non-hydrogen) atoms. The van der Waals surface area contributed by atoms with Crippen molar-refractivity contribution in [3.05, 3.63) is 29.8 Å². The highest BCUT2D eigenvalue weighted by Crippen LogP contribution is 2.23. The van der Waals surface area contributed by atoms with Gasteiger partial charge in [0.25, 0.3) is 0 Å². The maximum absolute atomic E-state index is 9.43. The van der Waals surface area contributed by atoms with E-state index in [1.165, 1.54) is 5.69 Å². The Kier molecular flexibility index (Phi) is 3.46. The number of benzene rings is 1. The van der Waals surface area contributed by atoms with Gasteiger partial charge in [0.05, 0.1) is 12.2 Å². The summed E-state index contributed by atoms with van der Waals surface area (Å²) in [7, 11) is 1.77. The van der Waals surface area contributed by atoms with Gasteiger partial charge in [-0.1, -0.05) is 12.1 Å². The van der Waals surface area contributed by atoms with Gasteiger partial charge >= 0.3 is 0 Å². The van der Waals surface area contributed by atoms with Gasteiger partial charge in [0, 0.05) is 25.9 Å². The molecule has 1 N–H and O–H groups in total. The van der Waals surface area contributed by atoms with Crippen molar-refractivity contribution in [2.45, 2.75) is 25.6 Å².